The fourth-order valence-electron chi connectivity index (χ4n) is 2.69. The van der Waals surface area contributed by atoms with Crippen molar-refractivity contribution in [2.24, 2.45) is 5.92 Å². The van der Waals surface area contributed by atoms with E-state index >= 15 is 0 Å². The summed E-state index contributed by atoms with van der Waals surface area (Å²) in [6.45, 7) is 9.63. The zero-order chi connectivity index (χ0) is 13.5. The van der Waals surface area contributed by atoms with Crippen LogP contribution in [0, 0.1) is 5.92 Å². The zero-order valence-corrected chi connectivity index (χ0v) is 12.2. The lowest BCUT2D eigenvalue weighted by atomic mass is 9.99. The van der Waals surface area contributed by atoms with Crippen LogP contribution in [-0.2, 0) is 13.0 Å². The second-order valence-electron chi connectivity index (χ2n) is 5.41. The van der Waals surface area contributed by atoms with E-state index in [1.165, 1.54) is 25.8 Å². The molecule has 1 atom stereocenters. The van der Waals surface area contributed by atoms with E-state index in [-0.39, 0.29) is 0 Å². The van der Waals surface area contributed by atoms with Crippen molar-refractivity contribution in [2.75, 3.05) is 26.2 Å². The van der Waals surface area contributed by atoms with Crippen LogP contribution in [0.3, 0.4) is 0 Å². The quantitative estimate of drug-likeness (QED) is 0.816. The Morgan fingerprint density at radius 2 is 2.32 bits per heavy atom. The van der Waals surface area contributed by atoms with Crippen LogP contribution in [-0.4, -0.2) is 41.2 Å². The van der Waals surface area contributed by atoms with Crippen LogP contribution in [0.4, 0.5) is 0 Å². The molecule has 1 aromatic rings. The molecule has 1 aliphatic heterocycles. The Kier molecular flexibility index (Phi) is 5.79. The van der Waals surface area contributed by atoms with Crippen molar-refractivity contribution in [3.63, 3.8) is 0 Å². The highest BCUT2D eigenvalue weighted by Crippen LogP contribution is 2.13. The Labute approximate surface area is 115 Å². The Bertz CT molecular complexity index is 360. The van der Waals surface area contributed by atoms with E-state index in [9.17, 15) is 0 Å². The number of aryl methyl sites for hydroxylation is 1. The first-order chi connectivity index (χ1) is 9.31. The molecule has 0 spiro atoms. The van der Waals surface area contributed by atoms with Gasteiger partial charge in [-0.15, -0.1) is 0 Å². The summed E-state index contributed by atoms with van der Waals surface area (Å²) in [4.78, 5) is 6.87. The van der Waals surface area contributed by atoms with Gasteiger partial charge in [-0.05, 0) is 44.8 Å². The SMILES string of the molecule is CCCN(Cc1noc(CC)n1)CC1CCCNC1. The van der Waals surface area contributed by atoms with Gasteiger partial charge in [0.15, 0.2) is 5.82 Å². The number of hydrogen-bond donors (Lipinski definition) is 1. The number of nitrogens with zero attached hydrogens (tertiary/aromatic N) is 3. The van der Waals surface area contributed by atoms with Crippen molar-refractivity contribution in [2.45, 2.75) is 46.1 Å². The Balaban J connectivity index is 1.87. The molecule has 1 fully saturated rings. The summed E-state index contributed by atoms with van der Waals surface area (Å²) >= 11 is 0. The van der Waals surface area contributed by atoms with E-state index in [0.717, 1.165) is 50.2 Å². The first-order valence-electron chi connectivity index (χ1n) is 7.56. The van der Waals surface area contributed by atoms with Crippen LogP contribution in [0.1, 0.15) is 44.8 Å². The molecule has 0 radical (unpaired) electrons. The highest BCUT2D eigenvalue weighted by Gasteiger charge is 2.18. The lowest BCUT2D eigenvalue weighted by Gasteiger charge is -2.29. The molecule has 2 heterocycles. The number of hydrogen-bond acceptors (Lipinski definition) is 5. The molecule has 1 unspecified atom stereocenters. The molecule has 5 heteroatoms. The highest BCUT2D eigenvalue weighted by atomic mass is 16.5. The molecule has 5 nitrogen and oxygen atoms in total. The summed E-state index contributed by atoms with van der Waals surface area (Å²) in [6, 6.07) is 0. The monoisotopic (exact) mass is 266 g/mol. The minimum absolute atomic E-state index is 0.741. The molecule has 1 aromatic heterocycles. The Morgan fingerprint density at radius 1 is 1.42 bits per heavy atom. The van der Waals surface area contributed by atoms with Gasteiger partial charge in [-0.3, -0.25) is 4.90 Å². The van der Waals surface area contributed by atoms with Crippen molar-refractivity contribution in [1.82, 2.24) is 20.4 Å². The molecule has 108 valence electrons. The first kappa shape index (κ1) is 14.5. The fraction of sp³-hybridized carbons (Fsp3) is 0.857. The number of aromatic nitrogens is 2. The maximum atomic E-state index is 5.18. The van der Waals surface area contributed by atoms with Crippen LogP contribution < -0.4 is 5.32 Å². The fourth-order valence-corrected chi connectivity index (χ4v) is 2.69. The lowest BCUT2D eigenvalue weighted by Crippen LogP contribution is -2.38. The molecule has 19 heavy (non-hydrogen) atoms. The maximum Gasteiger partial charge on any atom is 0.226 e. The summed E-state index contributed by atoms with van der Waals surface area (Å²) in [5, 5.41) is 7.54. The summed E-state index contributed by atoms with van der Waals surface area (Å²) in [7, 11) is 0. The van der Waals surface area contributed by atoms with Crippen LogP contribution >= 0.6 is 0 Å². The van der Waals surface area contributed by atoms with Crippen LogP contribution in [0.15, 0.2) is 4.52 Å². The molecule has 1 aliphatic rings. The van der Waals surface area contributed by atoms with E-state index in [0.29, 0.717) is 0 Å². The lowest BCUT2D eigenvalue weighted by molar-refractivity contribution is 0.195. The molecule has 0 saturated carbocycles. The third kappa shape index (κ3) is 4.58. The molecule has 1 N–H and O–H groups in total. The smallest absolute Gasteiger partial charge is 0.226 e. The van der Waals surface area contributed by atoms with Crippen LogP contribution in [0.25, 0.3) is 0 Å². The van der Waals surface area contributed by atoms with Crippen molar-refractivity contribution in [3.05, 3.63) is 11.7 Å². The van der Waals surface area contributed by atoms with Gasteiger partial charge in [0, 0.05) is 13.0 Å². The van der Waals surface area contributed by atoms with Crippen molar-refractivity contribution < 1.29 is 4.52 Å². The van der Waals surface area contributed by atoms with E-state index < -0.39 is 0 Å². The summed E-state index contributed by atoms with van der Waals surface area (Å²) in [5.74, 6) is 2.33. The van der Waals surface area contributed by atoms with Crippen molar-refractivity contribution in [1.29, 1.82) is 0 Å². The summed E-state index contributed by atoms with van der Waals surface area (Å²) in [5.41, 5.74) is 0. The van der Waals surface area contributed by atoms with Gasteiger partial charge in [-0.25, -0.2) is 0 Å². The molecule has 2 rings (SSSR count). The van der Waals surface area contributed by atoms with Crippen LogP contribution in [0.2, 0.25) is 0 Å². The molecule has 0 aliphatic carbocycles. The van der Waals surface area contributed by atoms with Gasteiger partial charge in [-0.2, -0.15) is 4.98 Å². The minimum atomic E-state index is 0.741. The standard InChI is InChI=1S/C14H26N4O/c1-3-8-18(10-12-6-5-7-15-9-12)11-13-16-14(4-2)19-17-13/h12,15H,3-11H2,1-2H3. The second-order valence-corrected chi connectivity index (χ2v) is 5.41. The molecule has 0 amide bonds. The number of piperidine rings is 1. The molecule has 1 saturated heterocycles. The first-order valence-corrected chi connectivity index (χ1v) is 7.56. The third-order valence-electron chi connectivity index (χ3n) is 3.63. The van der Waals surface area contributed by atoms with Gasteiger partial charge in [0.25, 0.3) is 0 Å². The summed E-state index contributed by atoms with van der Waals surface area (Å²) in [6.07, 6.45) is 4.61. The van der Waals surface area contributed by atoms with Crippen LogP contribution in [0.5, 0.6) is 0 Å². The van der Waals surface area contributed by atoms with Gasteiger partial charge in [0.2, 0.25) is 5.89 Å². The molecular weight excluding hydrogens is 240 g/mol. The van der Waals surface area contributed by atoms with Crippen molar-refractivity contribution >= 4 is 0 Å². The third-order valence-corrected chi connectivity index (χ3v) is 3.63. The molecule has 0 bridgehead atoms. The minimum Gasteiger partial charge on any atom is -0.339 e. The molecule has 0 aromatic carbocycles. The number of rotatable bonds is 7. The highest BCUT2D eigenvalue weighted by molar-refractivity contribution is 4.86. The van der Waals surface area contributed by atoms with E-state index in [1.54, 1.807) is 0 Å². The normalized spacial score (nSPS) is 20.1. The second kappa shape index (κ2) is 7.60. The predicted octanol–water partition coefficient (Wildman–Crippen LogP) is 1.84. The van der Waals surface area contributed by atoms with Gasteiger partial charge < -0.3 is 9.84 Å². The Morgan fingerprint density at radius 3 is 2.95 bits per heavy atom. The average molecular weight is 266 g/mol. The van der Waals surface area contributed by atoms with E-state index in [2.05, 4.69) is 27.3 Å². The van der Waals surface area contributed by atoms with E-state index in [1.807, 2.05) is 6.92 Å². The van der Waals surface area contributed by atoms with Gasteiger partial charge in [0.1, 0.15) is 0 Å². The molecular formula is C14H26N4O. The van der Waals surface area contributed by atoms with Gasteiger partial charge in [-0.1, -0.05) is 19.0 Å². The van der Waals surface area contributed by atoms with Gasteiger partial charge in [0.05, 0.1) is 6.54 Å². The largest absolute Gasteiger partial charge is 0.339 e. The summed E-state index contributed by atoms with van der Waals surface area (Å²) < 4.78 is 5.18. The number of nitrogens with one attached hydrogen (secondary N) is 1. The average Bonchev–Trinajstić information content (AvgIpc) is 2.88. The predicted molar refractivity (Wildman–Crippen MR) is 74.8 cm³/mol. The van der Waals surface area contributed by atoms with E-state index in [4.69, 9.17) is 4.52 Å². The topological polar surface area (TPSA) is 54.2 Å². The maximum absolute atomic E-state index is 5.18. The Hall–Kier alpha value is -0.940. The zero-order valence-electron chi connectivity index (χ0n) is 12.2. The van der Waals surface area contributed by atoms with Gasteiger partial charge >= 0.3 is 0 Å². The van der Waals surface area contributed by atoms with Crippen molar-refractivity contribution in [3.8, 4) is 0 Å².